The molecule has 0 radical (unpaired) electrons. The van der Waals surface area contributed by atoms with Crippen molar-refractivity contribution in [3.05, 3.63) is 108 Å². The second-order valence-corrected chi connectivity index (χ2v) is 8.68. The molecule has 0 fully saturated rings. The maximum Gasteiger partial charge on any atom is 0.160 e. The van der Waals surface area contributed by atoms with Crippen LogP contribution in [0.3, 0.4) is 0 Å². The summed E-state index contributed by atoms with van der Waals surface area (Å²) in [6, 6.07) is 33.9. The number of nitrogens with zero attached hydrogens (tertiary/aromatic N) is 2. The summed E-state index contributed by atoms with van der Waals surface area (Å²) in [6.07, 6.45) is 0. The summed E-state index contributed by atoms with van der Waals surface area (Å²) in [7, 11) is 0. The summed E-state index contributed by atoms with van der Waals surface area (Å²) >= 11 is 0. The molecule has 1 aliphatic rings. The second kappa shape index (κ2) is 6.61. The van der Waals surface area contributed by atoms with E-state index in [1.165, 1.54) is 22.3 Å². The van der Waals surface area contributed by atoms with Crippen LogP contribution in [0.1, 0.15) is 25.0 Å². The van der Waals surface area contributed by atoms with Crippen molar-refractivity contribution in [2.45, 2.75) is 19.3 Å². The lowest BCUT2D eigenvalue weighted by atomic mass is 9.82. The molecule has 31 heavy (non-hydrogen) atoms. The van der Waals surface area contributed by atoms with Gasteiger partial charge in [-0.3, -0.25) is 0 Å². The second-order valence-electron chi connectivity index (χ2n) is 8.68. The fourth-order valence-electron chi connectivity index (χ4n) is 4.91. The minimum atomic E-state index is -0.0507. The van der Waals surface area contributed by atoms with E-state index in [1.54, 1.807) is 0 Å². The van der Waals surface area contributed by atoms with Crippen LogP contribution < -0.4 is 0 Å². The largest absolute Gasteiger partial charge is 0.227 e. The van der Waals surface area contributed by atoms with Crippen molar-refractivity contribution in [2.75, 3.05) is 0 Å². The molecule has 0 aliphatic heterocycles. The van der Waals surface area contributed by atoms with Crippen LogP contribution in [0.5, 0.6) is 0 Å². The van der Waals surface area contributed by atoms with E-state index >= 15 is 0 Å². The minimum absolute atomic E-state index is 0.0507. The van der Waals surface area contributed by atoms with Gasteiger partial charge in [0.15, 0.2) is 5.82 Å². The first-order valence-electron chi connectivity index (χ1n) is 10.7. The predicted molar refractivity (Wildman–Crippen MR) is 128 cm³/mol. The maximum absolute atomic E-state index is 5.16. The van der Waals surface area contributed by atoms with Crippen LogP contribution in [0.15, 0.2) is 97.1 Å². The van der Waals surface area contributed by atoms with Crippen LogP contribution in [-0.4, -0.2) is 9.97 Å². The lowest BCUT2D eigenvalue weighted by Crippen LogP contribution is -2.14. The van der Waals surface area contributed by atoms with Crippen LogP contribution >= 0.6 is 0 Å². The Balaban J connectivity index is 1.76. The van der Waals surface area contributed by atoms with Crippen molar-refractivity contribution >= 4 is 10.9 Å². The fourth-order valence-corrected chi connectivity index (χ4v) is 4.91. The molecule has 0 N–H and O–H groups in total. The Hall–Kier alpha value is -3.78. The molecular weight excluding hydrogens is 376 g/mol. The quantitative estimate of drug-likeness (QED) is 0.312. The van der Waals surface area contributed by atoms with Crippen molar-refractivity contribution in [1.29, 1.82) is 0 Å². The molecule has 1 aromatic heterocycles. The van der Waals surface area contributed by atoms with Crippen molar-refractivity contribution in [1.82, 2.24) is 9.97 Å². The lowest BCUT2D eigenvalue weighted by Gasteiger charge is -2.21. The minimum Gasteiger partial charge on any atom is -0.227 e. The van der Waals surface area contributed by atoms with Crippen molar-refractivity contribution in [3.63, 3.8) is 0 Å². The summed E-state index contributed by atoms with van der Waals surface area (Å²) in [5, 5.41) is 1.09. The summed E-state index contributed by atoms with van der Waals surface area (Å²) in [4.78, 5) is 10.2. The van der Waals surface area contributed by atoms with Gasteiger partial charge in [-0.1, -0.05) is 111 Å². The molecule has 1 heterocycles. The average molecular weight is 399 g/mol. The third kappa shape index (κ3) is 2.65. The molecule has 0 spiro atoms. The summed E-state index contributed by atoms with van der Waals surface area (Å²) < 4.78 is 0. The Morgan fingerprint density at radius 1 is 0.581 bits per heavy atom. The van der Waals surface area contributed by atoms with Gasteiger partial charge < -0.3 is 0 Å². The van der Waals surface area contributed by atoms with E-state index in [9.17, 15) is 0 Å². The Bertz CT molecular complexity index is 1430. The first kappa shape index (κ1) is 18.0. The van der Waals surface area contributed by atoms with Crippen molar-refractivity contribution in [2.24, 2.45) is 0 Å². The van der Waals surface area contributed by atoms with Gasteiger partial charge >= 0.3 is 0 Å². The van der Waals surface area contributed by atoms with E-state index in [4.69, 9.17) is 9.97 Å². The van der Waals surface area contributed by atoms with E-state index in [1.807, 2.05) is 24.3 Å². The standard InChI is InChI=1S/C29H22N2/c1-29(2)23-16-10-9-15-21(23)25-24(29)18-17-22-26(19-11-5-3-6-12-19)30-28(31-27(22)25)20-13-7-4-8-14-20/h3-18H,1-2H3. The molecule has 2 nitrogen and oxygen atoms in total. The Morgan fingerprint density at radius 3 is 1.97 bits per heavy atom. The molecule has 2 heteroatoms. The number of hydrogen-bond donors (Lipinski definition) is 0. The highest BCUT2D eigenvalue weighted by Gasteiger charge is 2.37. The number of benzene rings is 4. The molecule has 6 rings (SSSR count). The fraction of sp³-hybridized carbons (Fsp3) is 0.103. The molecule has 0 saturated carbocycles. The topological polar surface area (TPSA) is 25.8 Å². The van der Waals surface area contributed by atoms with Gasteiger partial charge in [0.2, 0.25) is 0 Å². The molecular formula is C29H22N2. The van der Waals surface area contributed by atoms with Gasteiger partial charge in [0.1, 0.15) is 0 Å². The number of aromatic nitrogens is 2. The summed E-state index contributed by atoms with van der Waals surface area (Å²) in [6.45, 7) is 4.61. The van der Waals surface area contributed by atoms with Gasteiger partial charge in [0.05, 0.1) is 11.2 Å². The highest BCUT2D eigenvalue weighted by molar-refractivity contribution is 6.05. The van der Waals surface area contributed by atoms with Gasteiger partial charge in [-0.2, -0.15) is 0 Å². The van der Waals surface area contributed by atoms with E-state index in [2.05, 4.69) is 86.6 Å². The maximum atomic E-state index is 5.16. The molecule has 148 valence electrons. The SMILES string of the molecule is CC1(C)c2ccccc2-c2c1ccc1c(-c3ccccc3)nc(-c3ccccc3)nc21. The third-order valence-corrected chi connectivity index (χ3v) is 6.49. The summed E-state index contributed by atoms with van der Waals surface area (Å²) in [5.74, 6) is 0.766. The molecule has 0 bridgehead atoms. The van der Waals surface area contributed by atoms with E-state index in [0.717, 1.165) is 33.5 Å². The molecule has 0 amide bonds. The van der Waals surface area contributed by atoms with Crippen LogP contribution in [0, 0.1) is 0 Å². The predicted octanol–water partition coefficient (Wildman–Crippen LogP) is 7.27. The Kier molecular flexibility index (Phi) is 3.85. The van der Waals surface area contributed by atoms with E-state index < -0.39 is 0 Å². The van der Waals surface area contributed by atoms with Crippen molar-refractivity contribution in [3.8, 4) is 33.8 Å². The van der Waals surface area contributed by atoms with Gasteiger partial charge in [-0.15, -0.1) is 0 Å². The van der Waals surface area contributed by atoms with Gasteiger partial charge in [0.25, 0.3) is 0 Å². The number of hydrogen-bond acceptors (Lipinski definition) is 2. The van der Waals surface area contributed by atoms with Crippen LogP contribution in [-0.2, 0) is 5.41 Å². The normalized spacial score (nSPS) is 13.7. The van der Waals surface area contributed by atoms with E-state index in [-0.39, 0.29) is 5.41 Å². The summed E-state index contributed by atoms with van der Waals surface area (Å²) in [5.41, 5.74) is 9.32. The zero-order valence-corrected chi connectivity index (χ0v) is 17.6. The Labute approximate surface area is 182 Å². The zero-order chi connectivity index (χ0) is 21.0. The average Bonchev–Trinajstić information content (AvgIpc) is 3.07. The number of rotatable bonds is 2. The molecule has 4 aromatic carbocycles. The first-order valence-corrected chi connectivity index (χ1v) is 10.7. The van der Waals surface area contributed by atoms with Crippen LogP contribution in [0.2, 0.25) is 0 Å². The van der Waals surface area contributed by atoms with E-state index in [0.29, 0.717) is 0 Å². The van der Waals surface area contributed by atoms with Crippen LogP contribution in [0.25, 0.3) is 44.7 Å². The van der Waals surface area contributed by atoms with Crippen LogP contribution in [0.4, 0.5) is 0 Å². The third-order valence-electron chi connectivity index (χ3n) is 6.49. The molecule has 0 atom stereocenters. The molecule has 0 saturated heterocycles. The smallest absolute Gasteiger partial charge is 0.160 e. The Morgan fingerprint density at radius 2 is 1.23 bits per heavy atom. The highest BCUT2D eigenvalue weighted by atomic mass is 14.9. The van der Waals surface area contributed by atoms with Crippen molar-refractivity contribution < 1.29 is 0 Å². The van der Waals surface area contributed by atoms with Gasteiger partial charge in [-0.25, -0.2) is 9.97 Å². The molecule has 5 aromatic rings. The lowest BCUT2D eigenvalue weighted by molar-refractivity contribution is 0.661. The van der Waals surface area contributed by atoms with Gasteiger partial charge in [0, 0.05) is 27.5 Å². The zero-order valence-electron chi connectivity index (χ0n) is 17.6. The monoisotopic (exact) mass is 398 g/mol. The first-order chi connectivity index (χ1) is 15.1. The van der Waals surface area contributed by atoms with Gasteiger partial charge in [-0.05, 0) is 16.7 Å². The molecule has 0 unspecified atom stereocenters. The number of fused-ring (bicyclic) bond motifs is 5. The molecule has 1 aliphatic carbocycles. The highest BCUT2D eigenvalue weighted by Crippen LogP contribution is 2.51.